The molecule has 1 aliphatic heterocycles. The van der Waals surface area contributed by atoms with Crippen molar-refractivity contribution in [2.45, 2.75) is 6.10 Å². The van der Waals surface area contributed by atoms with Gasteiger partial charge in [0.15, 0.2) is 0 Å². The third-order valence-corrected chi connectivity index (χ3v) is 3.41. The van der Waals surface area contributed by atoms with Gasteiger partial charge in [0, 0.05) is 18.1 Å². The molecule has 0 aliphatic carbocycles. The molecule has 4 nitrogen and oxygen atoms in total. The molecule has 0 atom stereocenters. The third kappa shape index (κ3) is 3.54. The first-order valence-corrected chi connectivity index (χ1v) is 7.04. The monoisotopic (exact) mass is 303 g/mol. The summed E-state index contributed by atoms with van der Waals surface area (Å²) < 4.78 is 10.9. The van der Waals surface area contributed by atoms with Crippen molar-refractivity contribution in [1.82, 2.24) is 5.32 Å². The zero-order chi connectivity index (χ0) is 14.7. The number of carbonyl (C=O) groups excluding carboxylic acids is 1. The van der Waals surface area contributed by atoms with Crippen LogP contribution in [0.2, 0.25) is 5.02 Å². The second-order valence-corrected chi connectivity index (χ2v) is 5.20. The van der Waals surface area contributed by atoms with Crippen LogP contribution in [0.5, 0.6) is 11.5 Å². The lowest BCUT2D eigenvalue weighted by molar-refractivity contribution is 0.0734. The summed E-state index contributed by atoms with van der Waals surface area (Å²) in [7, 11) is 0. The van der Waals surface area contributed by atoms with Crippen LogP contribution in [-0.2, 0) is 0 Å². The standard InChI is InChI=1S/C16H14ClNO3/c17-12-3-7-14(8-4-12)21-16(19)11-1-5-13(6-2-11)20-15-9-18-10-15/h1-8,15,18H,9-10H2. The van der Waals surface area contributed by atoms with Gasteiger partial charge >= 0.3 is 5.97 Å². The average molecular weight is 304 g/mol. The molecule has 5 heteroatoms. The summed E-state index contributed by atoms with van der Waals surface area (Å²) in [5.74, 6) is 0.809. The first-order chi connectivity index (χ1) is 10.2. The van der Waals surface area contributed by atoms with E-state index in [0.29, 0.717) is 16.3 Å². The number of benzene rings is 2. The average Bonchev–Trinajstić information content (AvgIpc) is 2.46. The van der Waals surface area contributed by atoms with E-state index in [-0.39, 0.29) is 6.10 Å². The molecule has 0 radical (unpaired) electrons. The molecule has 1 saturated heterocycles. The van der Waals surface area contributed by atoms with Gasteiger partial charge in [-0.2, -0.15) is 0 Å². The third-order valence-electron chi connectivity index (χ3n) is 3.16. The first-order valence-electron chi connectivity index (χ1n) is 6.66. The molecule has 1 N–H and O–H groups in total. The molecule has 21 heavy (non-hydrogen) atoms. The first kappa shape index (κ1) is 13.9. The Bertz CT molecular complexity index is 621. The Morgan fingerprint density at radius 2 is 1.62 bits per heavy atom. The Morgan fingerprint density at radius 3 is 2.19 bits per heavy atom. The summed E-state index contributed by atoms with van der Waals surface area (Å²) >= 11 is 5.78. The molecule has 1 heterocycles. The maximum Gasteiger partial charge on any atom is 0.343 e. The van der Waals surface area contributed by atoms with Gasteiger partial charge in [-0.1, -0.05) is 11.6 Å². The minimum absolute atomic E-state index is 0.219. The number of rotatable bonds is 4. The van der Waals surface area contributed by atoms with Crippen LogP contribution in [0.4, 0.5) is 0 Å². The molecule has 2 aromatic carbocycles. The summed E-state index contributed by atoms with van der Waals surface area (Å²) in [4.78, 5) is 12.0. The molecule has 0 unspecified atom stereocenters. The molecule has 0 saturated carbocycles. The van der Waals surface area contributed by atoms with E-state index < -0.39 is 5.97 Å². The number of hydrogen-bond acceptors (Lipinski definition) is 4. The molecular weight excluding hydrogens is 290 g/mol. The Balaban J connectivity index is 1.62. The maximum absolute atomic E-state index is 12.0. The van der Waals surface area contributed by atoms with Crippen molar-refractivity contribution in [3.05, 3.63) is 59.1 Å². The topological polar surface area (TPSA) is 47.6 Å². The molecule has 1 fully saturated rings. The van der Waals surface area contributed by atoms with Gasteiger partial charge in [-0.15, -0.1) is 0 Å². The van der Waals surface area contributed by atoms with Crippen LogP contribution in [0.1, 0.15) is 10.4 Å². The van der Waals surface area contributed by atoms with Crippen LogP contribution < -0.4 is 14.8 Å². The second kappa shape index (κ2) is 6.16. The molecule has 0 aromatic heterocycles. The number of carbonyl (C=O) groups is 1. The predicted molar refractivity (Wildman–Crippen MR) is 80.1 cm³/mol. The van der Waals surface area contributed by atoms with Crippen molar-refractivity contribution in [3.8, 4) is 11.5 Å². The summed E-state index contributed by atoms with van der Waals surface area (Å²) in [5, 5.41) is 3.73. The van der Waals surface area contributed by atoms with Gasteiger partial charge in [-0.05, 0) is 48.5 Å². The van der Waals surface area contributed by atoms with Gasteiger partial charge in [0.1, 0.15) is 17.6 Å². The molecule has 2 aromatic rings. The normalized spacial score (nSPS) is 14.3. The van der Waals surface area contributed by atoms with Crippen molar-refractivity contribution in [2.75, 3.05) is 13.1 Å². The summed E-state index contributed by atoms with van der Waals surface area (Å²) in [6.45, 7) is 1.72. The van der Waals surface area contributed by atoms with Gasteiger partial charge < -0.3 is 14.8 Å². The van der Waals surface area contributed by atoms with Crippen molar-refractivity contribution in [1.29, 1.82) is 0 Å². The molecule has 1 aliphatic rings. The number of esters is 1. The Hall–Kier alpha value is -2.04. The molecule has 0 amide bonds. The van der Waals surface area contributed by atoms with E-state index in [1.807, 2.05) is 0 Å². The highest BCUT2D eigenvalue weighted by Crippen LogP contribution is 2.19. The fourth-order valence-electron chi connectivity index (χ4n) is 1.88. The van der Waals surface area contributed by atoms with E-state index in [1.165, 1.54) is 0 Å². The lowest BCUT2D eigenvalue weighted by Gasteiger charge is -2.27. The zero-order valence-electron chi connectivity index (χ0n) is 11.2. The Kier molecular flexibility index (Phi) is 4.08. The van der Waals surface area contributed by atoms with Gasteiger partial charge in [-0.25, -0.2) is 4.79 Å². The van der Waals surface area contributed by atoms with Crippen molar-refractivity contribution in [2.24, 2.45) is 0 Å². The molecule has 3 rings (SSSR count). The van der Waals surface area contributed by atoms with E-state index in [9.17, 15) is 4.79 Å². The maximum atomic E-state index is 12.0. The van der Waals surface area contributed by atoms with E-state index in [4.69, 9.17) is 21.1 Å². The fourth-order valence-corrected chi connectivity index (χ4v) is 2.00. The van der Waals surface area contributed by atoms with Gasteiger partial charge in [0.05, 0.1) is 5.56 Å². The number of halogens is 1. The van der Waals surface area contributed by atoms with Crippen molar-refractivity contribution >= 4 is 17.6 Å². The van der Waals surface area contributed by atoms with Crippen LogP contribution >= 0.6 is 11.6 Å². The van der Waals surface area contributed by atoms with E-state index in [1.54, 1.807) is 48.5 Å². The SMILES string of the molecule is O=C(Oc1ccc(Cl)cc1)c1ccc(OC2CNC2)cc1. The Labute approximate surface area is 127 Å². The van der Waals surface area contributed by atoms with Crippen LogP contribution in [-0.4, -0.2) is 25.2 Å². The lowest BCUT2D eigenvalue weighted by Crippen LogP contribution is -2.50. The molecule has 0 spiro atoms. The summed E-state index contributed by atoms with van der Waals surface area (Å²) in [6.07, 6.45) is 0.219. The smallest absolute Gasteiger partial charge is 0.343 e. The second-order valence-electron chi connectivity index (χ2n) is 4.77. The van der Waals surface area contributed by atoms with E-state index in [0.717, 1.165) is 18.8 Å². The summed E-state index contributed by atoms with van der Waals surface area (Å²) in [5.41, 5.74) is 0.476. The van der Waals surface area contributed by atoms with Gasteiger partial charge in [0.2, 0.25) is 0 Å². The largest absolute Gasteiger partial charge is 0.488 e. The van der Waals surface area contributed by atoms with Crippen LogP contribution in [0.3, 0.4) is 0 Å². The molecule has 0 bridgehead atoms. The Morgan fingerprint density at radius 1 is 1.00 bits per heavy atom. The minimum Gasteiger partial charge on any atom is -0.488 e. The highest BCUT2D eigenvalue weighted by molar-refractivity contribution is 6.30. The molecule has 108 valence electrons. The predicted octanol–water partition coefficient (Wildman–Crippen LogP) is 2.91. The minimum atomic E-state index is -0.408. The van der Waals surface area contributed by atoms with Crippen LogP contribution in [0.25, 0.3) is 0 Å². The van der Waals surface area contributed by atoms with Crippen molar-refractivity contribution < 1.29 is 14.3 Å². The molecular formula is C16H14ClNO3. The van der Waals surface area contributed by atoms with Crippen LogP contribution in [0, 0.1) is 0 Å². The number of hydrogen-bond donors (Lipinski definition) is 1. The highest BCUT2D eigenvalue weighted by atomic mass is 35.5. The lowest BCUT2D eigenvalue weighted by atomic mass is 10.2. The van der Waals surface area contributed by atoms with E-state index >= 15 is 0 Å². The van der Waals surface area contributed by atoms with Crippen LogP contribution in [0.15, 0.2) is 48.5 Å². The zero-order valence-corrected chi connectivity index (χ0v) is 12.0. The number of ether oxygens (including phenoxy) is 2. The van der Waals surface area contributed by atoms with Crippen molar-refractivity contribution in [3.63, 3.8) is 0 Å². The van der Waals surface area contributed by atoms with E-state index in [2.05, 4.69) is 5.32 Å². The fraction of sp³-hybridized carbons (Fsp3) is 0.188. The van der Waals surface area contributed by atoms with Gasteiger partial charge in [0.25, 0.3) is 0 Å². The highest BCUT2D eigenvalue weighted by Gasteiger charge is 2.18. The van der Waals surface area contributed by atoms with Gasteiger partial charge in [-0.3, -0.25) is 0 Å². The summed E-state index contributed by atoms with van der Waals surface area (Å²) in [6, 6.07) is 13.6. The number of nitrogens with one attached hydrogen (secondary N) is 1. The quantitative estimate of drug-likeness (QED) is 0.697.